The van der Waals surface area contributed by atoms with Gasteiger partial charge in [0.15, 0.2) is 5.82 Å². The molecule has 0 amide bonds. The minimum Gasteiger partial charge on any atom is -0.314 e. The van der Waals surface area contributed by atoms with Gasteiger partial charge in [0.1, 0.15) is 6.33 Å². The molecular weight excluding hydrogens is 266 g/mol. The SMILES string of the molecule is CC(C)n1cnnc1[C@H](C)NS(=O)(=O)N1CCCC1. The molecule has 0 bridgehead atoms. The molecule has 1 atom stereocenters. The zero-order valence-electron chi connectivity index (χ0n) is 11.6. The predicted octanol–water partition coefficient (Wildman–Crippen LogP) is 0.850. The third-order valence-electron chi connectivity index (χ3n) is 3.28. The van der Waals surface area contributed by atoms with Crippen LogP contribution < -0.4 is 4.72 Å². The lowest BCUT2D eigenvalue weighted by Gasteiger charge is -2.21. The molecule has 1 aromatic rings. The summed E-state index contributed by atoms with van der Waals surface area (Å²) in [5, 5.41) is 7.87. The van der Waals surface area contributed by atoms with Crippen molar-refractivity contribution < 1.29 is 8.42 Å². The Hall–Kier alpha value is -0.990. The summed E-state index contributed by atoms with van der Waals surface area (Å²) < 4.78 is 30.4. The van der Waals surface area contributed by atoms with Gasteiger partial charge < -0.3 is 4.57 Å². The molecule has 1 aliphatic rings. The van der Waals surface area contributed by atoms with Gasteiger partial charge in [-0.05, 0) is 33.6 Å². The van der Waals surface area contributed by atoms with E-state index in [1.165, 1.54) is 4.31 Å². The number of nitrogens with zero attached hydrogens (tertiary/aromatic N) is 4. The van der Waals surface area contributed by atoms with Crippen LogP contribution in [0.5, 0.6) is 0 Å². The fourth-order valence-electron chi connectivity index (χ4n) is 2.24. The van der Waals surface area contributed by atoms with Crippen LogP contribution >= 0.6 is 0 Å². The van der Waals surface area contributed by atoms with Gasteiger partial charge in [-0.25, -0.2) is 0 Å². The lowest BCUT2D eigenvalue weighted by atomic mass is 10.3. The molecule has 0 unspecified atom stereocenters. The van der Waals surface area contributed by atoms with Crippen LogP contribution in [0.4, 0.5) is 0 Å². The van der Waals surface area contributed by atoms with E-state index in [1.54, 1.807) is 13.3 Å². The summed E-state index contributed by atoms with van der Waals surface area (Å²) in [5.41, 5.74) is 0. The Morgan fingerprint density at radius 2 is 1.89 bits per heavy atom. The summed E-state index contributed by atoms with van der Waals surface area (Å²) in [4.78, 5) is 0. The fraction of sp³-hybridized carbons (Fsp3) is 0.818. The highest BCUT2D eigenvalue weighted by Gasteiger charge is 2.28. The largest absolute Gasteiger partial charge is 0.314 e. The number of hydrogen-bond donors (Lipinski definition) is 1. The van der Waals surface area contributed by atoms with Gasteiger partial charge in [-0.2, -0.15) is 17.4 Å². The summed E-state index contributed by atoms with van der Waals surface area (Å²) >= 11 is 0. The van der Waals surface area contributed by atoms with E-state index in [4.69, 9.17) is 0 Å². The highest BCUT2D eigenvalue weighted by Crippen LogP contribution is 2.18. The summed E-state index contributed by atoms with van der Waals surface area (Å²) in [6, 6.07) is -0.195. The van der Waals surface area contributed by atoms with Gasteiger partial charge in [0, 0.05) is 19.1 Å². The first-order valence-corrected chi connectivity index (χ1v) is 8.02. The van der Waals surface area contributed by atoms with Gasteiger partial charge in [-0.1, -0.05) is 0 Å². The average molecular weight is 287 g/mol. The Morgan fingerprint density at radius 3 is 2.47 bits per heavy atom. The van der Waals surface area contributed by atoms with Crippen LogP contribution in [0.2, 0.25) is 0 Å². The molecule has 0 radical (unpaired) electrons. The predicted molar refractivity (Wildman–Crippen MR) is 71.7 cm³/mol. The van der Waals surface area contributed by atoms with Crippen LogP contribution in [0, 0.1) is 0 Å². The first kappa shape index (κ1) is 14.4. The molecule has 8 heteroatoms. The monoisotopic (exact) mass is 287 g/mol. The smallest absolute Gasteiger partial charge is 0.280 e. The Balaban J connectivity index is 2.12. The Morgan fingerprint density at radius 1 is 1.26 bits per heavy atom. The molecule has 0 aromatic carbocycles. The van der Waals surface area contributed by atoms with Crippen molar-refractivity contribution in [2.45, 2.75) is 45.7 Å². The van der Waals surface area contributed by atoms with Crippen molar-refractivity contribution in [1.82, 2.24) is 23.8 Å². The van der Waals surface area contributed by atoms with Crippen molar-refractivity contribution in [1.29, 1.82) is 0 Å². The van der Waals surface area contributed by atoms with Crippen LogP contribution in [-0.4, -0.2) is 40.6 Å². The molecule has 1 N–H and O–H groups in total. The van der Waals surface area contributed by atoms with E-state index in [-0.39, 0.29) is 6.04 Å². The molecule has 0 aliphatic carbocycles. The average Bonchev–Trinajstić information content (AvgIpc) is 3.00. The molecule has 1 fully saturated rings. The maximum absolute atomic E-state index is 12.2. The van der Waals surface area contributed by atoms with Crippen LogP contribution in [0.25, 0.3) is 0 Å². The van der Waals surface area contributed by atoms with Crippen LogP contribution in [-0.2, 0) is 10.2 Å². The third kappa shape index (κ3) is 3.13. The molecule has 19 heavy (non-hydrogen) atoms. The van der Waals surface area contributed by atoms with Crippen LogP contribution in [0.1, 0.15) is 51.5 Å². The molecule has 7 nitrogen and oxygen atoms in total. The van der Waals surface area contributed by atoms with Crippen molar-refractivity contribution >= 4 is 10.2 Å². The molecule has 1 saturated heterocycles. The summed E-state index contributed by atoms with van der Waals surface area (Å²) in [6.45, 7) is 7.00. The van der Waals surface area contributed by atoms with E-state index >= 15 is 0 Å². The van der Waals surface area contributed by atoms with E-state index in [2.05, 4.69) is 14.9 Å². The van der Waals surface area contributed by atoms with Gasteiger partial charge in [0.25, 0.3) is 10.2 Å². The zero-order chi connectivity index (χ0) is 14.0. The van der Waals surface area contributed by atoms with Gasteiger partial charge in [-0.3, -0.25) is 0 Å². The Labute approximate surface area is 114 Å². The third-order valence-corrected chi connectivity index (χ3v) is 4.97. The van der Waals surface area contributed by atoms with E-state index in [0.717, 1.165) is 12.8 Å². The second kappa shape index (κ2) is 5.56. The Bertz CT molecular complexity index is 519. The topological polar surface area (TPSA) is 80.1 Å². The number of nitrogens with one attached hydrogen (secondary N) is 1. The van der Waals surface area contributed by atoms with Crippen molar-refractivity contribution in [2.24, 2.45) is 0 Å². The summed E-state index contributed by atoms with van der Waals surface area (Å²) in [6.07, 6.45) is 3.48. The number of hydrogen-bond acceptors (Lipinski definition) is 4. The van der Waals surface area contributed by atoms with E-state index in [9.17, 15) is 8.42 Å². The van der Waals surface area contributed by atoms with Crippen molar-refractivity contribution in [3.8, 4) is 0 Å². The lowest BCUT2D eigenvalue weighted by molar-refractivity contribution is 0.447. The zero-order valence-corrected chi connectivity index (χ0v) is 12.4. The minimum absolute atomic E-state index is 0.198. The maximum Gasteiger partial charge on any atom is 0.280 e. The molecule has 0 saturated carbocycles. The Kier molecular flexibility index (Phi) is 4.22. The highest BCUT2D eigenvalue weighted by molar-refractivity contribution is 7.87. The highest BCUT2D eigenvalue weighted by atomic mass is 32.2. The first-order chi connectivity index (χ1) is 8.92. The van der Waals surface area contributed by atoms with Crippen LogP contribution in [0.15, 0.2) is 6.33 Å². The normalized spacial score (nSPS) is 19.2. The molecule has 2 rings (SSSR count). The van der Waals surface area contributed by atoms with Crippen molar-refractivity contribution in [3.63, 3.8) is 0 Å². The van der Waals surface area contributed by atoms with E-state index in [0.29, 0.717) is 18.9 Å². The molecule has 1 aliphatic heterocycles. The standard InChI is InChI=1S/C11H21N5O2S/c1-9(2)16-8-12-13-11(16)10(3)14-19(17,18)15-6-4-5-7-15/h8-10,14H,4-7H2,1-3H3/t10-/m0/s1. The van der Waals surface area contributed by atoms with Crippen molar-refractivity contribution in [2.75, 3.05) is 13.1 Å². The minimum atomic E-state index is -3.43. The second-order valence-electron chi connectivity index (χ2n) is 5.14. The molecule has 0 spiro atoms. The summed E-state index contributed by atoms with van der Waals surface area (Å²) in [5.74, 6) is 0.637. The molecular formula is C11H21N5O2S. The summed E-state index contributed by atoms with van der Waals surface area (Å²) in [7, 11) is -3.43. The number of aromatic nitrogens is 3. The van der Waals surface area contributed by atoms with Crippen molar-refractivity contribution in [3.05, 3.63) is 12.2 Å². The van der Waals surface area contributed by atoms with Gasteiger partial charge in [0.05, 0.1) is 6.04 Å². The van der Waals surface area contributed by atoms with Gasteiger partial charge >= 0.3 is 0 Å². The maximum atomic E-state index is 12.2. The second-order valence-corrected chi connectivity index (χ2v) is 6.84. The molecule has 1 aromatic heterocycles. The van der Waals surface area contributed by atoms with Crippen LogP contribution in [0.3, 0.4) is 0 Å². The van der Waals surface area contributed by atoms with E-state index < -0.39 is 16.3 Å². The number of rotatable bonds is 5. The molecule has 2 heterocycles. The fourth-order valence-corrected chi connectivity index (χ4v) is 3.68. The van der Waals surface area contributed by atoms with Gasteiger partial charge in [0.2, 0.25) is 0 Å². The van der Waals surface area contributed by atoms with E-state index in [1.807, 2.05) is 18.4 Å². The molecule has 108 valence electrons. The quantitative estimate of drug-likeness (QED) is 0.870. The lowest BCUT2D eigenvalue weighted by Crippen LogP contribution is -2.40. The first-order valence-electron chi connectivity index (χ1n) is 6.58. The van der Waals surface area contributed by atoms with Gasteiger partial charge in [-0.15, -0.1) is 10.2 Å².